The summed E-state index contributed by atoms with van der Waals surface area (Å²) in [4.78, 5) is 27.2. The molecule has 0 atom stereocenters. The number of imidazole rings is 1. The number of benzene rings is 2. The first-order chi connectivity index (χ1) is 9.66. The van der Waals surface area contributed by atoms with Crippen molar-refractivity contribution in [1.82, 2.24) is 9.55 Å². The molecule has 20 heavy (non-hydrogen) atoms. The van der Waals surface area contributed by atoms with Crippen LogP contribution in [0.3, 0.4) is 0 Å². The van der Waals surface area contributed by atoms with Crippen LogP contribution in [-0.2, 0) is 0 Å². The molecule has 2 aromatic carbocycles. The molecule has 0 aliphatic carbocycles. The Balaban J connectivity index is 2.04. The normalized spacial score (nSPS) is 12.5. The molecular formula is C14H7N3O3. The average molecular weight is 265 g/mol. The molecule has 3 aromatic rings. The number of hydrogen-bond acceptors (Lipinski definition) is 4. The van der Waals surface area contributed by atoms with Crippen LogP contribution in [-0.4, -0.2) is 20.4 Å². The molecule has 0 amide bonds. The van der Waals surface area contributed by atoms with Gasteiger partial charge in [0.2, 0.25) is 0 Å². The van der Waals surface area contributed by atoms with Crippen molar-refractivity contribution in [1.29, 1.82) is 0 Å². The van der Waals surface area contributed by atoms with Crippen molar-refractivity contribution >= 4 is 22.6 Å². The molecule has 0 saturated heterocycles. The van der Waals surface area contributed by atoms with E-state index in [4.69, 9.17) is 0 Å². The number of carbonyl (C=O) groups is 1. The third-order valence-electron chi connectivity index (χ3n) is 3.45. The number of hydrogen-bond donors (Lipinski definition) is 0. The first-order valence-corrected chi connectivity index (χ1v) is 5.98. The molecule has 0 spiro atoms. The van der Waals surface area contributed by atoms with Crippen molar-refractivity contribution in [2.45, 2.75) is 0 Å². The molecule has 96 valence electrons. The van der Waals surface area contributed by atoms with Gasteiger partial charge in [0.05, 0.1) is 21.5 Å². The van der Waals surface area contributed by atoms with E-state index in [1.165, 1.54) is 16.7 Å². The summed E-state index contributed by atoms with van der Waals surface area (Å²) in [7, 11) is 0. The van der Waals surface area contributed by atoms with Crippen LogP contribution in [0, 0.1) is 10.1 Å². The predicted molar refractivity (Wildman–Crippen MR) is 71.6 cm³/mol. The van der Waals surface area contributed by atoms with Gasteiger partial charge in [-0.1, -0.05) is 12.1 Å². The van der Waals surface area contributed by atoms with Crippen molar-refractivity contribution < 1.29 is 9.72 Å². The summed E-state index contributed by atoms with van der Waals surface area (Å²) < 4.78 is 1.50. The van der Waals surface area contributed by atoms with Crippen molar-refractivity contribution in [3.05, 3.63) is 58.1 Å². The van der Waals surface area contributed by atoms with E-state index in [0.29, 0.717) is 22.5 Å². The number of nitro groups is 1. The van der Waals surface area contributed by atoms with Gasteiger partial charge in [-0.15, -0.1) is 0 Å². The van der Waals surface area contributed by atoms with Gasteiger partial charge in [-0.25, -0.2) is 4.98 Å². The fraction of sp³-hybridized carbons (Fsp3) is 0. The highest BCUT2D eigenvalue weighted by atomic mass is 16.6. The number of nitro benzene ring substituents is 1. The second kappa shape index (κ2) is 3.51. The molecule has 0 radical (unpaired) electrons. The molecule has 6 nitrogen and oxygen atoms in total. The van der Waals surface area contributed by atoms with Crippen LogP contribution < -0.4 is 0 Å². The zero-order valence-electron chi connectivity index (χ0n) is 10.1. The highest BCUT2D eigenvalue weighted by Crippen LogP contribution is 2.36. The highest BCUT2D eigenvalue weighted by Gasteiger charge is 2.31. The van der Waals surface area contributed by atoms with Gasteiger partial charge < -0.3 is 0 Å². The van der Waals surface area contributed by atoms with Gasteiger partial charge >= 0.3 is 0 Å². The van der Waals surface area contributed by atoms with E-state index >= 15 is 0 Å². The lowest BCUT2D eigenvalue weighted by Crippen LogP contribution is -2.05. The molecular weight excluding hydrogens is 258 g/mol. The van der Waals surface area contributed by atoms with E-state index in [1.54, 1.807) is 6.07 Å². The Morgan fingerprint density at radius 3 is 2.70 bits per heavy atom. The van der Waals surface area contributed by atoms with Crippen LogP contribution in [0.2, 0.25) is 0 Å². The van der Waals surface area contributed by atoms with Gasteiger partial charge in [0, 0.05) is 17.7 Å². The Hall–Kier alpha value is -3.02. The van der Waals surface area contributed by atoms with E-state index < -0.39 is 4.92 Å². The van der Waals surface area contributed by atoms with Crippen LogP contribution >= 0.6 is 0 Å². The monoisotopic (exact) mass is 265 g/mol. The first-order valence-electron chi connectivity index (χ1n) is 5.98. The maximum absolute atomic E-state index is 12.4. The molecule has 1 aliphatic heterocycles. The average Bonchev–Trinajstić information content (AvgIpc) is 2.95. The van der Waals surface area contributed by atoms with Crippen molar-refractivity contribution in [3.8, 4) is 11.4 Å². The number of nitrogens with zero attached hydrogens (tertiary/aromatic N) is 3. The predicted octanol–water partition coefficient (Wildman–Crippen LogP) is 2.61. The number of aromatic nitrogens is 2. The zero-order valence-corrected chi connectivity index (χ0v) is 10.1. The summed E-state index contributed by atoms with van der Waals surface area (Å²) in [5.74, 6) is 0.272. The smallest absolute Gasteiger partial charge is 0.268 e. The molecule has 0 fully saturated rings. The fourth-order valence-corrected chi connectivity index (χ4v) is 2.55. The summed E-state index contributed by atoms with van der Waals surface area (Å²) in [6.07, 6.45) is 0. The van der Waals surface area contributed by atoms with E-state index in [0.717, 1.165) is 5.52 Å². The number of para-hydroxylation sites is 2. The van der Waals surface area contributed by atoms with Gasteiger partial charge in [0.15, 0.2) is 0 Å². The Bertz CT molecular complexity index is 911. The number of non-ortho nitro benzene ring substituents is 1. The topological polar surface area (TPSA) is 78.0 Å². The van der Waals surface area contributed by atoms with Gasteiger partial charge in [-0.2, -0.15) is 0 Å². The number of rotatable bonds is 1. The standard InChI is InChI=1S/C14H7N3O3/c18-14-10-7-8(17(19)20)5-6-9(10)13-15-11-3-1-2-4-12(11)16(13)14/h1-7H. The Kier molecular flexibility index (Phi) is 1.90. The molecule has 0 bridgehead atoms. The second-order valence-corrected chi connectivity index (χ2v) is 4.55. The van der Waals surface area contributed by atoms with Gasteiger partial charge in [-0.3, -0.25) is 19.5 Å². The number of fused-ring (bicyclic) bond motifs is 5. The summed E-state index contributed by atoms with van der Waals surface area (Å²) in [5, 5.41) is 10.8. The molecule has 0 saturated carbocycles. The third-order valence-corrected chi connectivity index (χ3v) is 3.45. The molecule has 0 N–H and O–H groups in total. The Labute approximate surface area is 112 Å². The van der Waals surface area contributed by atoms with Crippen LogP contribution in [0.1, 0.15) is 10.4 Å². The highest BCUT2D eigenvalue weighted by molar-refractivity contribution is 6.13. The number of carbonyl (C=O) groups excluding carboxylic acids is 1. The maximum atomic E-state index is 12.4. The SMILES string of the molecule is O=C1c2cc([N+](=O)[O-])ccc2-c2nc3ccccc3n21. The minimum atomic E-state index is -0.507. The molecule has 0 unspecified atom stereocenters. The van der Waals surface area contributed by atoms with Crippen LogP contribution in [0.5, 0.6) is 0 Å². The molecule has 6 heteroatoms. The quantitative estimate of drug-likeness (QED) is 0.391. The minimum absolute atomic E-state index is 0.0906. The van der Waals surface area contributed by atoms with Crippen molar-refractivity contribution in [2.75, 3.05) is 0 Å². The summed E-state index contributed by atoms with van der Waals surface area (Å²) in [6.45, 7) is 0. The fourth-order valence-electron chi connectivity index (χ4n) is 2.55. The Morgan fingerprint density at radius 2 is 1.90 bits per heavy atom. The molecule has 2 heterocycles. The van der Waals surface area contributed by atoms with E-state index in [1.807, 2.05) is 24.3 Å². The molecule has 4 rings (SSSR count). The van der Waals surface area contributed by atoms with Crippen LogP contribution in [0.4, 0.5) is 5.69 Å². The second-order valence-electron chi connectivity index (χ2n) is 4.55. The third kappa shape index (κ3) is 1.22. The Morgan fingerprint density at radius 1 is 1.10 bits per heavy atom. The largest absolute Gasteiger partial charge is 0.270 e. The summed E-state index contributed by atoms with van der Waals surface area (Å²) in [5.41, 5.74) is 2.32. The lowest BCUT2D eigenvalue weighted by atomic mass is 10.1. The van der Waals surface area contributed by atoms with Crippen molar-refractivity contribution in [3.63, 3.8) is 0 Å². The van der Waals surface area contributed by atoms with E-state index in [9.17, 15) is 14.9 Å². The van der Waals surface area contributed by atoms with E-state index in [-0.39, 0.29) is 11.6 Å². The van der Waals surface area contributed by atoms with E-state index in [2.05, 4.69) is 4.98 Å². The zero-order chi connectivity index (χ0) is 13.9. The minimum Gasteiger partial charge on any atom is -0.268 e. The van der Waals surface area contributed by atoms with Crippen LogP contribution in [0.15, 0.2) is 42.5 Å². The van der Waals surface area contributed by atoms with Crippen LogP contribution in [0.25, 0.3) is 22.4 Å². The molecule has 1 aromatic heterocycles. The first kappa shape index (κ1) is 10.9. The summed E-state index contributed by atoms with van der Waals surface area (Å²) in [6, 6.07) is 11.6. The lowest BCUT2D eigenvalue weighted by Gasteiger charge is -1.98. The molecule has 1 aliphatic rings. The van der Waals surface area contributed by atoms with Gasteiger partial charge in [-0.05, 0) is 18.2 Å². The maximum Gasteiger partial charge on any atom is 0.270 e. The lowest BCUT2D eigenvalue weighted by molar-refractivity contribution is -0.384. The van der Waals surface area contributed by atoms with Gasteiger partial charge in [0.1, 0.15) is 5.82 Å². The van der Waals surface area contributed by atoms with Crippen molar-refractivity contribution in [2.24, 2.45) is 0 Å². The van der Waals surface area contributed by atoms with Gasteiger partial charge in [0.25, 0.3) is 11.6 Å². The summed E-state index contributed by atoms with van der Waals surface area (Å²) >= 11 is 0.